The maximum Gasteiger partial charge on any atom is 0.338 e. The van der Waals surface area contributed by atoms with Crippen molar-refractivity contribution >= 4 is 23.7 Å². The average Bonchev–Trinajstić information content (AvgIpc) is 2.98. The number of rotatable bonds is 7. The monoisotopic (exact) mass is 406 g/mol. The molecular formula is C23H22N2O5. The number of benzene rings is 2. The second kappa shape index (κ2) is 8.73. The first-order valence-electron chi connectivity index (χ1n) is 9.40. The van der Waals surface area contributed by atoms with Crippen LogP contribution in [0.2, 0.25) is 0 Å². The fraction of sp³-hybridized carbons (Fsp3) is 0.217. The topological polar surface area (TPSA) is 84.0 Å². The molecule has 0 aromatic heterocycles. The molecule has 0 saturated carbocycles. The minimum Gasteiger partial charge on any atom is -0.452 e. The molecule has 2 aromatic rings. The third-order valence-electron chi connectivity index (χ3n) is 4.94. The van der Waals surface area contributed by atoms with E-state index in [2.05, 4.69) is 6.58 Å². The molecule has 1 aliphatic rings. The molecule has 7 heteroatoms. The van der Waals surface area contributed by atoms with Crippen LogP contribution < -0.4 is 0 Å². The first-order valence-corrected chi connectivity index (χ1v) is 9.40. The van der Waals surface area contributed by atoms with Gasteiger partial charge < -0.3 is 9.64 Å². The Bertz CT molecular complexity index is 1040. The number of carbonyl (C=O) groups is 4. The first kappa shape index (κ1) is 21.0. The summed E-state index contributed by atoms with van der Waals surface area (Å²) < 4.78 is 5.12. The van der Waals surface area contributed by atoms with Crippen molar-refractivity contribution in [3.63, 3.8) is 0 Å². The van der Waals surface area contributed by atoms with Crippen LogP contribution in [0.1, 0.15) is 42.2 Å². The number of carbonyl (C=O) groups excluding carboxylic acids is 4. The highest BCUT2D eigenvalue weighted by Gasteiger charge is 2.35. The molecule has 0 saturated heterocycles. The van der Waals surface area contributed by atoms with Gasteiger partial charge in [-0.2, -0.15) is 0 Å². The molecule has 30 heavy (non-hydrogen) atoms. The van der Waals surface area contributed by atoms with Gasteiger partial charge in [-0.15, -0.1) is 6.58 Å². The minimum atomic E-state index is -0.738. The minimum absolute atomic E-state index is 0.0911. The molecule has 0 radical (unpaired) electrons. The Labute approximate surface area is 174 Å². The molecule has 0 bridgehead atoms. The highest BCUT2D eigenvalue weighted by Crippen LogP contribution is 2.24. The van der Waals surface area contributed by atoms with Gasteiger partial charge in [0.2, 0.25) is 0 Å². The van der Waals surface area contributed by atoms with E-state index in [0.717, 1.165) is 16.0 Å². The largest absolute Gasteiger partial charge is 0.452 e. The van der Waals surface area contributed by atoms with Crippen LogP contribution in [0.3, 0.4) is 0 Å². The molecule has 0 unspecified atom stereocenters. The van der Waals surface area contributed by atoms with Gasteiger partial charge in [-0.05, 0) is 36.2 Å². The third kappa shape index (κ3) is 4.15. The summed E-state index contributed by atoms with van der Waals surface area (Å²) in [5.41, 5.74) is 2.54. The maximum absolute atomic E-state index is 12.4. The van der Waals surface area contributed by atoms with E-state index in [4.69, 9.17) is 4.74 Å². The summed E-state index contributed by atoms with van der Waals surface area (Å²) >= 11 is 0. The van der Waals surface area contributed by atoms with E-state index in [1.807, 2.05) is 31.2 Å². The Kier molecular flexibility index (Phi) is 6.11. The van der Waals surface area contributed by atoms with E-state index in [1.54, 1.807) is 7.05 Å². The van der Waals surface area contributed by atoms with Crippen molar-refractivity contribution in [2.24, 2.45) is 0 Å². The Morgan fingerprint density at radius 1 is 1.10 bits per heavy atom. The summed E-state index contributed by atoms with van der Waals surface area (Å²) in [6.07, 6.45) is 1.45. The summed E-state index contributed by atoms with van der Waals surface area (Å²) in [5, 5.41) is 0. The molecule has 0 fully saturated rings. The number of hydrogen-bond acceptors (Lipinski definition) is 5. The molecule has 154 valence electrons. The Hall–Kier alpha value is -3.74. The standard InChI is InChI=1S/C23H22N2O5/c1-4-11-25-21(27)18-10-9-16(12-19(18)22(25)28)23(29)30-14-20(26)24(3)13-17-8-6-5-7-15(17)2/h4-10,12H,1,11,13-14H2,2-3H3. The van der Waals surface area contributed by atoms with Crippen LogP contribution in [0.4, 0.5) is 0 Å². The van der Waals surface area contributed by atoms with Gasteiger partial charge in [0.1, 0.15) is 0 Å². The van der Waals surface area contributed by atoms with E-state index in [0.29, 0.717) is 6.54 Å². The molecule has 3 amide bonds. The number of fused-ring (bicyclic) bond motifs is 1. The second-order valence-corrected chi connectivity index (χ2v) is 7.02. The fourth-order valence-electron chi connectivity index (χ4n) is 3.16. The van der Waals surface area contributed by atoms with Gasteiger partial charge in [0, 0.05) is 20.1 Å². The first-order chi connectivity index (χ1) is 14.3. The van der Waals surface area contributed by atoms with E-state index in [9.17, 15) is 19.2 Å². The van der Waals surface area contributed by atoms with Crippen LogP contribution in [0.15, 0.2) is 55.1 Å². The van der Waals surface area contributed by atoms with Crippen LogP contribution in [-0.2, 0) is 16.1 Å². The van der Waals surface area contributed by atoms with Crippen LogP contribution >= 0.6 is 0 Å². The summed E-state index contributed by atoms with van der Waals surface area (Å²) in [6.45, 7) is 5.56. The zero-order valence-electron chi connectivity index (χ0n) is 16.9. The number of nitrogens with zero attached hydrogens (tertiary/aromatic N) is 2. The number of esters is 1. The number of aryl methyl sites for hydroxylation is 1. The highest BCUT2D eigenvalue weighted by atomic mass is 16.5. The molecule has 1 aliphatic heterocycles. The van der Waals surface area contributed by atoms with Gasteiger partial charge in [-0.3, -0.25) is 19.3 Å². The second-order valence-electron chi connectivity index (χ2n) is 7.02. The van der Waals surface area contributed by atoms with Crippen molar-refractivity contribution in [2.45, 2.75) is 13.5 Å². The zero-order valence-corrected chi connectivity index (χ0v) is 16.9. The summed E-state index contributed by atoms with van der Waals surface area (Å²) in [7, 11) is 1.64. The number of amides is 3. The number of hydrogen-bond donors (Lipinski definition) is 0. The lowest BCUT2D eigenvalue weighted by Gasteiger charge is -2.18. The highest BCUT2D eigenvalue weighted by molar-refractivity contribution is 6.22. The van der Waals surface area contributed by atoms with Crippen molar-refractivity contribution in [2.75, 3.05) is 20.2 Å². The lowest BCUT2D eigenvalue weighted by atomic mass is 10.1. The van der Waals surface area contributed by atoms with Crippen molar-refractivity contribution in [3.05, 3.63) is 82.9 Å². The molecule has 7 nitrogen and oxygen atoms in total. The van der Waals surface area contributed by atoms with Crippen LogP contribution in [0.5, 0.6) is 0 Å². The molecule has 0 N–H and O–H groups in total. The summed E-state index contributed by atoms with van der Waals surface area (Å²) in [4.78, 5) is 51.8. The van der Waals surface area contributed by atoms with E-state index >= 15 is 0 Å². The smallest absolute Gasteiger partial charge is 0.338 e. The zero-order chi connectivity index (χ0) is 21.8. The molecule has 0 atom stereocenters. The Morgan fingerprint density at radius 2 is 1.80 bits per heavy atom. The van der Waals surface area contributed by atoms with Gasteiger partial charge >= 0.3 is 5.97 Å². The molecule has 0 aliphatic carbocycles. The van der Waals surface area contributed by atoms with Crippen molar-refractivity contribution in [1.29, 1.82) is 0 Å². The third-order valence-corrected chi connectivity index (χ3v) is 4.94. The van der Waals surface area contributed by atoms with Gasteiger partial charge in [0.05, 0.1) is 16.7 Å². The van der Waals surface area contributed by atoms with Gasteiger partial charge in [-0.1, -0.05) is 30.3 Å². The summed E-state index contributed by atoms with van der Waals surface area (Å²) in [6, 6.07) is 11.9. The normalized spacial score (nSPS) is 12.5. The molecule has 1 heterocycles. The van der Waals surface area contributed by atoms with Gasteiger partial charge in [0.15, 0.2) is 6.61 Å². The van der Waals surface area contributed by atoms with Crippen LogP contribution in [0.25, 0.3) is 0 Å². The summed E-state index contributed by atoms with van der Waals surface area (Å²) in [5.74, 6) is -2.00. The lowest BCUT2D eigenvalue weighted by molar-refractivity contribution is -0.133. The van der Waals surface area contributed by atoms with Crippen LogP contribution in [-0.4, -0.2) is 53.7 Å². The Morgan fingerprint density at radius 3 is 2.50 bits per heavy atom. The molecular weight excluding hydrogens is 384 g/mol. The maximum atomic E-state index is 12.4. The number of imide groups is 1. The van der Waals surface area contributed by atoms with E-state index < -0.39 is 24.4 Å². The van der Waals surface area contributed by atoms with Crippen molar-refractivity contribution in [1.82, 2.24) is 9.80 Å². The van der Waals surface area contributed by atoms with Crippen molar-refractivity contribution < 1.29 is 23.9 Å². The van der Waals surface area contributed by atoms with Gasteiger partial charge in [0.25, 0.3) is 17.7 Å². The Balaban J connectivity index is 1.63. The van der Waals surface area contributed by atoms with Gasteiger partial charge in [-0.25, -0.2) is 4.79 Å². The SMILES string of the molecule is C=CCN1C(=O)c2ccc(C(=O)OCC(=O)N(C)Cc3ccccc3C)cc2C1=O. The van der Waals surface area contributed by atoms with E-state index in [-0.39, 0.29) is 29.1 Å². The van der Waals surface area contributed by atoms with Crippen molar-refractivity contribution in [3.8, 4) is 0 Å². The number of ether oxygens (including phenoxy) is 1. The predicted octanol–water partition coefficient (Wildman–Crippen LogP) is 2.59. The van der Waals surface area contributed by atoms with Crippen LogP contribution in [0, 0.1) is 6.92 Å². The quantitative estimate of drug-likeness (QED) is 0.401. The van der Waals surface area contributed by atoms with E-state index in [1.165, 1.54) is 29.2 Å². The molecule has 3 rings (SSSR count). The lowest BCUT2D eigenvalue weighted by Crippen LogP contribution is -2.31. The predicted molar refractivity (Wildman–Crippen MR) is 110 cm³/mol. The fourth-order valence-corrected chi connectivity index (χ4v) is 3.16. The number of likely N-dealkylation sites (N-methyl/N-ethyl adjacent to an activating group) is 1. The molecule has 0 spiro atoms. The average molecular weight is 406 g/mol. The molecule has 2 aromatic carbocycles.